The molecule has 4 nitrogen and oxygen atoms in total. The van der Waals surface area contributed by atoms with Crippen LogP contribution >= 0.6 is 0 Å². The predicted molar refractivity (Wildman–Crippen MR) is 57.9 cm³/mol. The number of ether oxygens (including phenoxy) is 1. The second-order valence-electron chi connectivity index (χ2n) is 4.27. The summed E-state index contributed by atoms with van der Waals surface area (Å²) >= 11 is 0. The van der Waals surface area contributed by atoms with Crippen LogP contribution in [0.15, 0.2) is 0 Å². The Labute approximate surface area is 91.2 Å². The van der Waals surface area contributed by atoms with E-state index in [1.807, 2.05) is 6.92 Å². The lowest BCUT2D eigenvalue weighted by molar-refractivity contribution is -0.151. The molecule has 0 aliphatic carbocycles. The van der Waals surface area contributed by atoms with Crippen molar-refractivity contribution in [3.63, 3.8) is 0 Å². The zero-order valence-electron chi connectivity index (χ0n) is 9.61. The van der Waals surface area contributed by atoms with Gasteiger partial charge < -0.3 is 14.7 Å². The summed E-state index contributed by atoms with van der Waals surface area (Å²) in [5.41, 5.74) is 0. The highest BCUT2D eigenvalue weighted by Crippen LogP contribution is 2.16. The zero-order chi connectivity index (χ0) is 11.3. The maximum Gasteiger partial charge on any atom is 0.334 e. The second kappa shape index (κ2) is 6.08. The van der Waals surface area contributed by atoms with Crippen LogP contribution in [0.3, 0.4) is 0 Å². The van der Waals surface area contributed by atoms with Crippen LogP contribution in [0.2, 0.25) is 0 Å². The maximum atomic E-state index is 10.9. The molecule has 0 aromatic carbocycles. The molecule has 1 heterocycles. The van der Waals surface area contributed by atoms with Crippen molar-refractivity contribution in [2.24, 2.45) is 5.92 Å². The Kier molecular flexibility index (Phi) is 5.05. The molecule has 88 valence electrons. The molecule has 15 heavy (non-hydrogen) atoms. The number of hydrogen-bond acceptors (Lipinski definition) is 3. The molecular formula is C11H21NO3. The number of nitrogens with zero attached hydrogens (tertiary/aromatic N) is 1. The van der Waals surface area contributed by atoms with Crippen LogP contribution in [-0.4, -0.2) is 48.3 Å². The highest BCUT2D eigenvalue weighted by molar-refractivity contribution is 5.72. The van der Waals surface area contributed by atoms with Crippen molar-refractivity contribution < 1.29 is 14.6 Å². The number of piperidine rings is 1. The van der Waals surface area contributed by atoms with Gasteiger partial charge in [-0.1, -0.05) is 6.92 Å². The van der Waals surface area contributed by atoms with E-state index in [9.17, 15) is 4.79 Å². The van der Waals surface area contributed by atoms with Crippen LogP contribution in [0, 0.1) is 5.92 Å². The summed E-state index contributed by atoms with van der Waals surface area (Å²) in [6.45, 7) is 7.05. The van der Waals surface area contributed by atoms with E-state index in [0.29, 0.717) is 13.2 Å². The Morgan fingerprint density at radius 2 is 2.13 bits per heavy atom. The molecule has 1 aliphatic heterocycles. The Hall–Kier alpha value is -0.610. The zero-order valence-corrected chi connectivity index (χ0v) is 9.61. The summed E-state index contributed by atoms with van der Waals surface area (Å²) in [5.74, 6) is -0.0768. The summed E-state index contributed by atoms with van der Waals surface area (Å²) in [6.07, 6.45) is 1.67. The number of aliphatic carboxylic acids is 1. The van der Waals surface area contributed by atoms with Gasteiger partial charge >= 0.3 is 5.97 Å². The van der Waals surface area contributed by atoms with Gasteiger partial charge in [-0.25, -0.2) is 4.79 Å². The third-order valence-electron chi connectivity index (χ3n) is 2.94. The first-order valence-electron chi connectivity index (χ1n) is 5.70. The molecule has 0 saturated carbocycles. The molecule has 0 spiro atoms. The summed E-state index contributed by atoms with van der Waals surface area (Å²) in [7, 11) is 0. The molecule has 1 N–H and O–H groups in total. The van der Waals surface area contributed by atoms with Gasteiger partial charge in [-0.2, -0.15) is 0 Å². The van der Waals surface area contributed by atoms with Gasteiger partial charge in [-0.05, 0) is 38.8 Å². The van der Waals surface area contributed by atoms with Crippen LogP contribution in [0.4, 0.5) is 0 Å². The van der Waals surface area contributed by atoms with Crippen molar-refractivity contribution in [3.8, 4) is 0 Å². The Morgan fingerprint density at radius 3 is 2.60 bits per heavy atom. The largest absolute Gasteiger partial charge is 0.479 e. The fourth-order valence-corrected chi connectivity index (χ4v) is 1.88. The van der Waals surface area contributed by atoms with E-state index in [4.69, 9.17) is 9.84 Å². The normalized spacial score (nSPS) is 21.5. The summed E-state index contributed by atoms with van der Waals surface area (Å²) < 4.78 is 5.19. The lowest BCUT2D eigenvalue weighted by atomic mass is 9.99. The second-order valence-corrected chi connectivity index (χ2v) is 4.27. The van der Waals surface area contributed by atoms with Crippen LogP contribution in [-0.2, 0) is 9.53 Å². The van der Waals surface area contributed by atoms with Crippen LogP contribution in [0.5, 0.6) is 0 Å². The monoisotopic (exact) mass is 215 g/mol. The fraction of sp³-hybridized carbons (Fsp3) is 0.909. The van der Waals surface area contributed by atoms with Gasteiger partial charge in [-0.15, -0.1) is 0 Å². The minimum atomic E-state index is -0.851. The SMILES string of the molecule is CCOC(CN1CCC(C)CC1)C(=O)O. The molecular weight excluding hydrogens is 194 g/mol. The smallest absolute Gasteiger partial charge is 0.334 e. The maximum absolute atomic E-state index is 10.9. The molecule has 1 saturated heterocycles. The minimum absolute atomic E-state index is 0.460. The summed E-state index contributed by atoms with van der Waals surface area (Å²) in [6, 6.07) is 0. The highest BCUT2D eigenvalue weighted by Gasteiger charge is 2.23. The Morgan fingerprint density at radius 1 is 1.53 bits per heavy atom. The Bertz CT molecular complexity index is 200. The predicted octanol–water partition coefficient (Wildman–Crippen LogP) is 1.21. The van der Waals surface area contributed by atoms with E-state index in [0.717, 1.165) is 19.0 Å². The molecule has 0 aromatic heterocycles. The van der Waals surface area contributed by atoms with Gasteiger partial charge in [0.2, 0.25) is 0 Å². The van der Waals surface area contributed by atoms with Crippen LogP contribution < -0.4 is 0 Å². The Balaban J connectivity index is 2.34. The lowest BCUT2D eigenvalue weighted by Gasteiger charge is -2.31. The van der Waals surface area contributed by atoms with Crippen molar-refractivity contribution in [2.45, 2.75) is 32.8 Å². The lowest BCUT2D eigenvalue weighted by Crippen LogP contribution is -2.42. The topological polar surface area (TPSA) is 49.8 Å². The van der Waals surface area contributed by atoms with Gasteiger partial charge in [0.05, 0.1) is 0 Å². The van der Waals surface area contributed by atoms with Gasteiger partial charge in [-0.3, -0.25) is 0 Å². The number of rotatable bonds is 5. The molecule has 0 bridgehead atoms. The fourth-order valence-electron chi connectivity index (χ4n) is 1.88. The molecule has 0 aromatic rings. The molecule has 1 fully saturated rings. The quantitative estimate of drug-likeness (QED) is 0.749. The first kappa shape index (κ1) is 12.5. The van der Waals surface area contributed by atoms with E-state index in [1.165, 1.54) is 12.8 Å². The minimum Gasteiger partial charge on any atom is -0.479 e. The standard InChI is InChI=1S/C11H21NO3/c1-3-15-10(11(13)14)8-12-6-4-9(2)5-7-12/h9-10H,3-8H2,1-2H3,(H,13,14). The van der Waals surface area contributed by atoms with E-state index < -0.39 is 12.1 Å². The number of carboxylic acid groups (broad SMARTS) is 1. The number of likely N-dealkylation sites (tertiary alicyclic amines) is 1. The van der Waals surface area contributed by atoms with Gasteiger partial charge in [0.15, 0.2) is 6.10 Å². The molecule has 4 heteroatoms. The van der Waals surface area contributed by atoms with Gasteiger partial charge in [0.1, 0.15) is 0 Å². The molecule has 0 amide bonds. The van der Waals surface area contributed by atoms with E-state index >= 15 is 0 Å². The number of hydrogen-bond donors (Lipinski definition) is 1. The van der Waals surface area contributed by atoms with Crippen LogP contribution in [0.25, 0.3) is 0 Å². The molecule has 1 aliphatic rings. The van der Waals surface area contributed by atoms with Crippen molar-refractivity contribution in [1.82, 2.24) is 4.90 Å². The average molecular weight is 215 g/mol. The van der Waals surface area contributed by atoms with Crippen molar-refractivity contribution in [3.05, 3.63) is 0 Å². The first-order valence-corrected chi connectivity index (χ1v) is 5.70. The van der Waals surface area contributed by atoms with Gasteiger partial charge in [0.25, 0.3) is 0 Å². The van der Waals surface area contributed by atoms with Crippen LogP contribution in [0.1, 0.15) is 26.7 Å². The molecule has 1 rings (SSSR count). The van der Waals surface area contributed by atoms with E-state index in [1.54, 1.807) is 0 Å². The third kappa shape index (κ3) is 4.18. The average Bonchev–Trinajstić information content (AvgIpc) is 2.20. The van der Waals surface area contributed by atoms with Crippen molar-refractivity contribution >= 4 is 5.97 Å². The van der Waals surface area contributed by atoms with E-state index in [-0.39, 0.29) is 0 Å². The molecule has 1 unspecified atom stereocenters. The number of carbonyl (C=O) groups is 1. The highest BCUT2D eigenvalue weighted by atomic mass is 16.5. The van der Waals surface area contributed by atoms with E-state index in [2.05, 4.69) is 11.8 Å². The van der Waals surface area contributed by atoms with Crippen molar-refractivity contribution in [1.29, 1.82) is 0 Å². The van der Waals surface area contributed by atoms with Crippen molar-refractivity contribution in [2.75, 3.05) is 26.2 Å². The third-order valence-corrected chi connectivity index (χ3v) is 2.94. The summed E-state index contributed by atoms with van der Waals surface area (Å²) in [4.78, 5) is 13.1. The summed E-state index contributed by atoms with van der Waals surface area (Å²) in [5, 5.41) is 8.94. The molecule has 1 atom stereocenters. The van der Waals surface area contributed by atoms with Gasteiger partial charge in [0, 0.05) is 13.2 Å². The number of carboxylic acids is 1. The first-order chi connectivity index (χ1) is 7.13. The molecule has 0 radical (unpaired) electrons.